The number of ketones is 2. The van der Waals surface area contributed by atoms with Gasteiger partial charge in [-0.2, -0.15) is 0 Å². The lowest BCUT2D eigenvalue weighted by molar-refractivity contribution is -0.168. The summed E-state index contributed by atoms with van der Waals surface area (Å²) in [5.74, 6) is 0.550. The maximum absolute atomic E-state index is 13.6. The highest BCUT2D eigenvalue weighted by molar-refractivity contribution is 5.92. The van der Waals surface area contributed by atoms with Gasteiger partial charge in [0.25, 0.3) is 0 Å². The van der Waals surface area contributed by atoms with Gasteiger partial charge in [0.1, 0.15) is 11.6 Å². The third-order valence-electron chi connectivity index (χ3n) is 9.87. The number of carboxylic acids is 1. The van der Waals surface area contributed by atoms with E-state index >= 15 is 0 Å². The van der Waals surface area contributed by atoms with Crippen LogP contribution in [0.5, 0.6) is 0 Å². The molecule has 4 aliphatic rings. The number of carbonyl (C=O) groups is 3. The van der Waals surface area contributed by atoms with Crippen molar-refractivity contribution in [1.82, 2.24) is 0 Å². The van der Waals surface area contributed by atoms with Crippen molar-refractivity contribution < 1.29 is 24.6 Å². The molecule has 0 radical (unpaired) electrons. The predicted molar refractivity (Wildman–Crippen MR) is 108 cm³/mol. The molecule has 0 unspecified atom stereocenters. The van der Waals surface area contributed by atoms with Gasteiger partial charge < -0.3 is 10.2 Å². The van der Waals surface area contributed by atoms with Gasteiger partial charge in [0.2, 0.25) is 0 Å². The number of hydrogen-bond acceptors (Lipinski definition) is 4. The Morgan fingerprint density at radius 2 is 1.86 bits per heavy atom. The van der Waals surface area contributed by atoms with E-state index in [1.165, 1.54) is 0 Å². The fourth-order valence-corrected chi connectivity index (χ4v) is 8.13. The van der Waals surface area contributed by atoms with Crippen molar-refractivity contribution in [2.45, 2.75) is 84.7 Å². The second-order valence-electron chi connectivity index (χ2n) is 11.0. The zero-order chi connectivity index (χ0) is 21.1. The minimum absolute atomic E-state index is 0.0260. The zero-order valence-corrected chi connectivity index (χ0v) is 18.0. The van der Waals surface area contributed by atoms with E-state index in [1.54, 1.807) is 0 Å². The minimum Gasteiger partial charge on any atom is -0.481 e. The van der Waals surface area contributed by atoms with Gasteiger partial charge >= 0.3 is 5.97 Å². The molecule has 5 nitrogen and oxygen atoms in total. The molecule has 0 bridgehead atoms. The molecule has 0 saturated heterocycles. The standard InChI is InChI=1S/C24H36O5/c1-13(4-7-21(28)29)16-5-6-17-22-18(12-20(27)24(16,17)3)23(2)9-8-15(25)10-14(23)11-19(22)26/h13-18,22,25H,4-12H2,1-3H3,(H,28,29)/t13-,14-,15+,16+,17-,18-,22-,23+,24+/m1/s1. The number of aliphatic carboxylic acids is 1. The van der Waals surface area contributed by atoms with Crippen molar-refractivity contribution in [3.05, 3.63) is 0 Å². The summed E-state index contributed by atoms with van der Waals surface area (Å²) in [5.41, 5.74) is -0.520. The Bertz CT molecular complexity index is 716. The zero-order valence-electron chi connectivity index (χ0n) is 18.0. The molecule has 162 valence electrons. The van der Waals surface area contributed by atoms with Crippen LogP contribution in [-0.2, 0) is 14.4 Å². The van der Waals surface area contributed by atoms with Crippen LogP contribution in [0.1, 0.15) is 78.6 Å². The Labute approximate surface area is 173 Å². The molecule has 0 aromatic carbocycles. The van der Waals surface area contributed by atoms with Crippen LogP contribution >= 0.6 is 0 Å². The second kappa shape index (κ2) is 7.18. The predicted octanol–water partition coefficient (Wildman–Crippen LogP) is 3.87. The highest BCUT2D eigenvalue weighted by atomic mass is 16.4. The Hall–Kier alpha value is -1.23. The normalized spacial score (nSPS) is 47.9. The molecule has 4 saturated carbocycles. The Morgan fingerprint density at radius 1 is 1.14 bits per heavy atom. The molecule has 0 amide bonds. The van der Waals surface area contributed by atoms with Crippen LogP contribution in [0.2, 0.25) is 0 Å². The van der Waals surface area contributed by atoms with Crippen LogP contribution in [0.3, 0.4) is 0 Å². The van der Waals surface area contributed by atoms with Crippen LogP contribution in [-0.4, -0.2) is 33.9 Å². The number of Topliss-reactive ketones (excluding diaryl/α,β-unsaturated/α-hetero) is 2. The maximum Gasteiger partial charge on any atom is 0.303 e. The van der Waals surface area contributed by atoms with Gasteiger partial charge in [0, 0.05) is 30.6 Å². The number of aliphatic hydroxyl groups excluding tert-OH is 1. The molecule has 0 spiro atoms. The lowest BCUT2D eigenvalue weighted by Gasteiger charge is -2.59. The quantitative estimate of drug-likeness (QED) is 0.742. The molecule has 0 aromatic heterocycles. The second-order valence-corrected chi connectivity index (χ2v) is 11.0. The Balaban J connectivity index is 1.62. The van der Waals surface area contributed by atoms with E-state index in [0.717, 1.165) is 25.7 Å². The molecular formula is C24H36O5. The van der Waals surface area contributed by atoms with E-state index in [4.69, 9.17) is 5.11 Å². The SMILES string of the molecule is C[C@H](CCC(=O)O)[C@@H]1CC[C@@H]2[C@H]3C(=O)C[C@H]4C[C@@H](O)CC[C@]4(C)[C@@H]3CC(=O)[C@]21C. The molecule has 5 heteroatoms. The fraction of sp³-hybridized carbons (Fsp3) is 0.875. The van der Waals surface area contributed by atoms with Gasteiger partial charge in [-0.05, 0) is 73.5 Å². The van der Waals surface area contributed by atoms with Crippen LogP contribution in [0.4, 0.5) is 0 Å². The third-order valence-corrected chi connectivity index (χ3v) is 9.87. The monoisotopic (exact) mass is 404 g/mol. The van der Waals surface area contributed by atoms with Crippen molar-refractivity contribution in [1.29, 1.82) is 0 Å². The van der Waals surface area contributed by atoms with Crippen LogP contribution in [0.25, 0.3) is 0 Å². The first kappa shape index (κ1) is 21.0. The van der Waals surface area contributed by atoms with E-state index in [2.05, 4.69) is 20.8 Å². The maximum atomic E-state index is 13.6. The number of hydrogen-bond donors (Lipinski definition) is 2. The van der Waals surface area contributed by atoms with Gasteiger partial charge in [-0.15, -0.1) is 0 Å². The average Bonchev–Trinajstić information content (AvgIpc) is 3.01. The van der Waals surface area contributed by atoms with E-state index < -0.39 is 11.4 Å². The molecule has 0 heterocycles. The molecule has 29 heavy (non-hydrogen) atoms. The lowest BCUT2D eigenvalue weighted by Crippen LogP contribution is -2.60. The summed E-state index contributed by atoms with van der Waals surface area (Å²) in [6.45, 7) is 6.44. The summed E-state index contributed by atoms with van der Waals surface area (Å²) in [6.07, 6.45) is 5.64. The third kappa shape index (κ3) is 3.10. The summed E-state index contributed by atoms with van der Waals surface area (Å²) in [4.78, 5) is 38.0. The summed E-state index contributed by atoms with van der Waals surface area (Å²) in [5, 5.41) is 19.2. The fourth-order valence-electron chi connectivity index (χ4n) is 8.13. The van der Waals surface area contributed by atoms with Crippen molar-refractivity contribution >= 4 is 17.5 Å². The van der Waals surface area contributed by atoms with Crippen LogP contribution in [0, 0.1) is 46.3 Å². The molecule has 0 aliphatic heterocycles. The van der Waals surface area contributed by atoms with Crippen LogP contribution in [0.15, 0.2) is 0 Å². The molecule has 4 rings (SSSR count). The molecule has 9 atom stereocenters. The summed E-state index contributed by atoms with van der Waals surface area (Å²) < 4.78 is 0. The largest absolute Gasteiger partial charge is 0.481 e. The molecule has 2 N–H and O–H groups in total. The molecule has 4 aliphatic carbocycles. The van der Waals surface area contributed by atoms with Gasteiger partial charge in [-0.25, -0.2) is 0 Å². The van der Waals surface area contributed by atoms with E-state index in [9.17, 15) is 19.5 Å². The summed E-state index contributed by atoms with van der Waals surface area (Å²) in [6, 6.07) is 0. The number of fused-ring (bicyclic) bond motifs is 5. The number of carbonyl (C=O) groups excluding carboxylic acids is 2. The average molecular weight is 405 g/mol. The summed E-state index contributed by atoms with van der Waals surface area (Å²) >= 11 is 0. The van der Waals surface area contributed by atoms with E-state index in [0.29, 0.717) is 37.2 Å². The lowest BCUT2D eigenvalue weighted by atomic mass is 9.43. The molecule has 0 aromatic rings. The van der Waals surface area contributed by atoms with Crippen LogP contribution < -0.4 is 0 Å². The van der Waals surface area contributed by atoms with E-state index in [-0.39, 0.29) is 53.4 Å². The van der Waals surface area contributed by atoms with Crippen molar-refractivity contribution in [2.75, 3.05) is 0 Å². The van der Waals surface area contributed by atoms with Gasteiger partial charge in [-0.3, -0.25) is 14.4 Å². The van der Waals surface area contributed by atoms with Crippen molar-refractivity contribution in [3.8, 4) is 0 Å². The molecular weight excluding hydrogens is 368 g/mol. The van der Waals surface area contributed by atoms with Crippen molar-refractivity contribution in [3.63, 3.8) is 0 Å². The Morgan fingerprint density at radius 3 is 2.55 bits per heavy atom. The van der Waals surface area contributed by atoms with Gasteiger partial charge in [-0.1, -0.05) is 20.8 Å². The smallest absolute Gasteiger partial charge is 0.303 e. The first-order chi connectivity index (χ1) is 13.6. The first-order valence-corrected chi connectivity index (χ1v) is 11.5. The number of rotatable bonds is 4. The van der Waals surface area contributed by atoms with Crippen molar-refractivity contribution in [2.24, 2.45) is 46.3 Å². The van der Waals surface area contributed by atoms with E-state index in [1.807, 2.05) is 0 Å². The van der Waals surface area contributed by atoms with Gasteiger partial charge in [0.15, 0.2) is 0 Å². The first-order valence-electron chi connectivity index (χ1n) is 11.5. The van der Waals surface area contributed by atoms with Gasteiger partial charge in [0.05, 0.1) is 6.10 Å². The highest BCUT2D eigenvalue weighted by Crippen LogP contribution is 2.66. The molecule has 4 fully saturated rings. The number of aliphatic hydroxyl groups is 1. The topological polar surface area (TPSA) is 91.7 Å². The minimum atomic E-state index is -0.785. The Kier molecular flexibility index (Phi) is 5.20. The highest BCUT2D eigenvalue weighted by Gasteiger charge is 2.66. The summed E-state index contributed by atoms with van der Waals surface area (Å²) in [7, 11) is 0. The number of carboxylic acid groups (broad SMARTS) is 1.